The van der Waals surface area contributed by atoms with Gasteiger partial charge in [0.15, 0.2) is 0 Å². The van der Waals surface area contributed by atoms with Gasteiger partial charge in [0.2, 0.25) is 0 Å². The summed E-state index contributed by atoms with van der Waals surface area (Å²) in [4.78, 5) is 0. The fourth-order valence-corrected chi connectivity index (χ4v) is 2.46. The van der Waals surface area contributed by atoms with Crippen LogP contribution in [0, 0.1) is 11.8 Å². The van der Waals surface area contributed by atoms with Gasteiger partial charge in [0.05, 0.1) is 12.8 Å². The second-order valence-electron chi connectivity index (χ2n) is 5.91. The van der Waals surface area contributed by atoms with Crippen molar-refractivity contribution in [3.05, 3.63) is 53.3 Å². The number of ether oxygens (including phenoxy) is 1. The summed E-state index contributed by atoms with van der Waals surface area (Å²) >= 11 is 0. The Hall–Kier alpha value is -2.34. The molecular weight excluding hydrogens is 296 g/mol. The molecule has 0 N–H and O–H groups in total. The lowest BCUT2D eigenvalue weighted by Crippen LogP contribution is -1.95. The van der Waals surface area contributed by atoms with E-state index in [1.165, 1.54) is 38.5 Å². The minimum Gasteiger partial charge on any atom is -0.497 e. The first-order valence-electron chi connectivity index (χ1n) is 8.80. The van der Waals surface area contributed by atoms with Crippen molar-refractivity contribution in [3.63, 3.8) is 0 Å². The van der Waals surface area contributed by atoms with Gasteiger partial charge in [0.25, 0.3) is 0 Å². The minimum atomic E-state index is 0.706. The normalized spacial score (nSPS) is 10.1. The molecule has 1 aromatic heterocycles. The van der Waals surface area contributed by atoms with Crippen molar-refractivity contribution < 1.29 is 4.74 Å². The molecule has 1 aromatic carbocycles. The molecule has 0 aliphatic carbocycles. The Bertz CT molecular complexity index is 651. The molecule has 0 saturated heterocycles. The van der Waals surface area contributed by atoms with Crippen molar-refractivity contribution in [1.29, 1.82) is 0 Å². The molecule has 0 spiro atoms. The van der Waals surface area contributed by atoms with Gasteiger partial charge in [-0.2, -0.15) is 5.10 Å². The number of aryl methyl sites for hydroxylation is 1. The molecule has 3 heteroatoms. The molecule has 2 aromatic rings. The van der Waals surface area contributed by atoms with Gasteiger partial charge in [0.1, 0.15) is 11.4 Å². The molecule has 0 bridgehead atoms. The maximum absolute atomic E-state index is 5.13. The van der Waals surface area contributed by atoms with Crippen LogP contribution in [0.1, 0.15) is 62.4 Å². The first kappa shape index (κ1) is 18.0. The smallest absolute Gasteiger partial charge is 0.136 e. The summed E-state index contributed by atoms with van der Waals surface area (Å²) in [5.74, 6) is 6.98. The average Bonchev–Trinajstić information content (AvgIpc) is 2.64. The van der Waals surface area contributed by atoms with Gasteiger partial charge in [-0.3, -0.25) is 0 Å². The van der Waals surface area contributed by atoms with Crippen LogP contribution in [0.15, 0.2) is 36.4 Å². The monoisotopic (exact) mass is 322 g/mol. The summed E-state index contributed by atoms with van der Waals surface area (Å²) in [6, 6.07) is 11.7. The fraction of sp³-hybridized carbons (Fsp3) is 0.429. The summed E-state index contributed by atoms with van der Waals surface area (Å²) in [6.07, 6.45) is 8.79. The quantitative estimate of drug-likeness (QED) is 0.518. The number of nitrogens with zero attached hydrogens (tertiary/aromatic N) is 2. The van der Waals surface area contributed by atoms with E-state index in [2.05, 4.69) is 29.0 Å². The fourth-order valence-electron chi connectivity index (χ4n) is 2.46. The van der Waals surface area contributed by atoms with Gasteiger partial charge in [0, 0.05) is 5.56 Å². The zero-order valence-corrected chi connectivity index (χ0v) is 14.7. The number of aromatic nitrogens is 2. The molecule has 0 aliphatic heterocycles. The van der Waals surface area contributed by atoms with Crippen molar-refractivity contribution in [2.24, 2.45) is 0 Å². The van der Waals surface area contributed by atoms with Crippen LogP contribution in [0.5, 0.6) is 5.75 Å². The summed E-state index contributed by atoms with van der Waals surface area (Å²) in [5, 5.41) is 8.49. The molecule has 3 nitrogen and oxygen atoms in total. The molecule has 0 fully saturated rings. The van der Waals surface area contributed by atoms with Crippen molar-refractivity contribution in [1.82, 2.24) is 10.2 Å². The number of hydrogen-bond donors (Lipinski definition) is 0. The van der Waals surface area contributed by atoms with Crippen molar-refractivity contribution in [2.75, 3.05) is 7.11 Å². The average molecular weight is 322 g/mol. The summed E-state index contributed by atoms with van der Waals surface area (Å²) < 4.78 is 5.13. The molecule has 0 saturated carbocycles. The zero-order chi connectivity index (χ0) is 17.0. The maximum Gasteiger partial charge on any atom is 0.136 e. The van der Waals surface area contributed by atoms with E-state index in [1.54, 1.807) is 7.11 Å². The summed E-state index contributed by atoms with van der Waals surface area (Å²) in [6.45, 7) is 2.24. The largest absolute Gasteiger partial charge is 0.497 e. The first-order chi connectivity index (χ1) is 11.8. The van der Waals surface area contributed by atoms with Crippen molar-refractivity contribution in [3.8, 4) is 17.6 Å². The van der Waals surface area contributed by atoms with Crippen LogP contribution in [-0.4, -0.2) is 17.3 Å². The van der Waals surface area contributed by atoms with E-state index < -0.39 is 0 Å². The Morgan fingerprint density at radius 2 is 1.58 bits per heavy atom. The van der Waals surface area contributed by atoms with Crippen LogP contribution < -0.4 is 4.74 Å². The summed E-state index contributed by atoms with van der Waals surface area (Å²) in [5.41, 5.74) is 2.70. The number of unbranched alkanes of at least 4 members (excludes halogenated alkanes) is 5. The van der Waals surface area contributed by atoms with E-state index in [-0.39, 0.29) is 0 Å². The first-order valence-corrected chi connectivity index (χ1v) is 8.80. The molecule has 0 unspecified atom stereocenters. The van der Waals surface area contributed by atoms with E-state index in [1.807, 2.05) is 36.4 Å². The minimum absolute atomic E-state index is 0.706. The number of rotatable bonds is 8. The lowest BCUT2D eigenvalue weighted by molar-refractivity contribution is 0.415. The van der Waals surface area contributed by atoms with Crippen molar-refractivity contribution >= 4 is 0 Å². The molecule has 0 aliphatic rings. The van der Waals surface area contributed by atoms with Crippen LogP contribution in [0.4, 0.5) is 0 Å². The van der Waals surface area contributed by atoms with Crippen LogP contribution in [0.2, 0.25) is 0 Å². The van der Waals surface area contributed by atoms with E-state index in [9.17, 15) is 0 Å². The molecule has 2 rings (SSSR count). The van der Waals surface area contributed by atoms with Gasteiger partial charge in [-0.25, -0.2) is 0 Å². The second-order valence-corrected chi connectivity index (χ2v) is 5.91. The lowest BCUT2D eigenvalue weighted by Gasteiger charge is -2.00. The van der Waals surface area contributed by atoms with Crippen LogP contribution in [0.3, 0.4) is 0 Å². The van der Waals surface area contributed by atoms with Gasteiger partial charge in [-0.1, -0.05) is 44.9 Å². The second kappa shape index (κ2) is 10.4. The van der Waals surface area contributed by atoms with Gasteiger partial charge in [-0.05, 0) is 55.2 Å². The SMILES string of the molecule is CCCCCCCCc1ccc(C#Cc2ccc(OC)cc2)nn1. The Kier molecular flexibility index (Phi) is 7.83. The standard InChI is InChI=1S/C21H26N2O/c1-3-4-5-6-7-8-9-19-14-15-20(23-22-19)13-10-18-11-16-21(24-2)17-12-18/h11-12,14-17H,3-9H2,1-2H3. The molecule has 126 valence electrons. The topological polar surface area (TPSA) is 35.0 Å². The third-order valence-corrected chi connectivity index (χ3v) is 3.93. The van der Waals surface area contributed by atoms with Gasteiger partial charge >= 0.3 is 0 Å². The van der Waals surface area contributed by atoms with E-state index in [4.69, 9.17) is 4.74 Å². The Morgan fingerprint density at radius 1 is 0.833 bits per heavy atom. The number of hydrogen-bond acceptors (Lipinski definition) is 3. The Labute approximate surface area is 145 Å². The predicted octanol–water partition coefficient (Wildman–Crippen LogP) is 4.79. The highest BCUT2D eigenvalue weighted by molar-refractivity contribution is 5.42. The van der Waals surface area contributed by atoms with Crippen LogP contribution in [0.25, 0.3) is 0 Å². The van der Waals surface area contributed by atoms with Gasteiger partial charge in [-0.15, -0.1) is 5.10 Å². The van der Waals surface area contributed by atoms with Crippen molar-refractivity contribution in [2.45, 2.75) is 51.9 Å². The summed E-state index contributed by atoms with van der Waals surface area (Å²) in [7, 11) is 1.66. The zero-order valence-electron chi connectivity index (χ0n) is 14.7. The number of benzene rings is 1. The van der Waals surface area contributed by atoms with E-state index in [0.717, 1.165) is 23.4 Å². The third-order valence-electron chi connectivity index (χ3n) is 3.93. The molecule has 0 atom stereocenters. The van der Waals surface area contributed by atoms with E-state index >= 15 is 0 Å². The molecular formula is C21H26N2O. The van der Waals surface area contributed by atoms with E-state index in [0.29, 0.717) is 5.69 Å². The van der Waals surface area contributed by atoms with Gasteiger partial charge < -0.3 is 4.74 Å². The molecule has 0 radical (unpaired) electrons. The highest BCUT2D eigenvalue weighted by Crippen LogP contribution is 2.11. The predicted molar refractivity (Wildman–Crippen MR) is 98.1 cm³/mol. The Balaban J connectivity index is 1.80. The number of methoxy groups -OCH3 is 1. The highest BCUT2D eigenvalue weighted by Gasteiger charge is 1.97. The van der Waals surface area contributed by atoms with Crippen LogP contribution in [-0.2, 0) is 6.42 Å². The Morgan fingerprint density at radius 3 is 2.25 bits per heavy atom. The molecule has 24 heavy (non-hydrogen) atoms. The molecule has 0 amide bonds. The lowest BCUT2D eigenvalue weighted by atomic mass is 10.1. The third kappa shape index (κ3) is 6.42. The molecule has 1 heterocycles. The van der Waals surface area contributed by atoms with Crippen LogP contribution >= 0.6 is 0 Å². The highest BCUT2D eigenvalue weighted by atomic mass is 16.5. The maximum atomic E-state index is 5.13.